The molecule has 1 aromatic heterocycles. The summed E-state index contributed by atoms with van der Waals surface area (Å²) in [5.74, 6) is 1.01. The van der Waals surface area contributed by atoms with Crippen molar-refractivity contribution in [3.63, 3.8) is 0 Å². The third-order valence-electron chi connectivity index (χ3n) is 6.56. The first-order valence-corrected chi connectivity index (χ1v) is 12.7. The molecule has 1 aliphatic heterocycles. The molecular weight excluding hydrogens is 400 g/mol. The zero-order valence-electron chi connectivity index (χ0n) is 18.2. The van der Waals surface area contributed by atoms with Gasteiger partial charge in [-0.25, -0.2) is 13.4 Å². The lowest BCUT2D eigenvalue weighted by Gasteiger charge is -2.26. The Balaban J connectivity index is 1.60. The van der Waals surface area contributed by atoms with Gasteiger partial charge < -0.3 is 9.30 Å². The van der Waals surface area contributed by atoms with Crippen LogP contribution >= 0.6 is 0 Å². The predicted molar refractivity (Wildman–Crippen MR) is 118 cm³/mol. The van der Waals surface area contributed by atoms with Crippen LogP contribution in [0.2, 0.25) is 0 Å². The summed E-state index contributed by atoms with van der Waals surface area (Å²) in [6, 6.07) is 5.98. The van der Waals surface area contributed by atoms with Crippen molar-refractivity contribution in [2.75, 3.05) is 33.4 Å². The number of hydrogen-bond acceptors (Lipinski definition) is 5. The van der Waals surface area contributed by atoms with E-state index in [1.165, 1.54) is 42.8 Å². The van der Waals surface area contributed by atoms with Crippen molar-refractivity contribution in [2.24, 2.45) is 0 Å². The van der Waals surface area contributed by atoms with Gasteiger partial charge in [-0.2, -0.15) is 4.31 Å². The molecule has 0 atom stereocenters. The molecule has 8 heteroatoms. The van der Waals surface area contributed by atoms with Gasteiger partial charge in [-0.1, -0.05) is 25.7 Å². The molecule has 2 aromatic rings. The molecule has 1 saturated carbocycles. The number of sulfonamides is 1. The van der Waals surface area contributed by atoms with E-state index in [1.54, 1.807) is 12.1 Å². The van der Waals surface area contributed by atoms with Gasteiger partial charge in [-0.05, 0) is 45.0 Å². The standard InChI is InChI=1S/C22H34N4O3S/c1-3-26-21-11-10-19(30(27,28)25-12-14-29-15-13-25)16-20(21)23-22(26)17-24(2)18-8-6-4-5-7-9-18/h10-11,16,18H,3-9,12-15,17H2,1-2H3. The highest BCUT2D eigenvalue weighted by Crippen LogP contribution is 2.26. The van der Waals surface area contributed by atoms with Gasteiger partial charge in [0.05, 0.1) is 35.7 Å². The molecule has 166 valence electrons. The highest BCUT2D eigenvalue weighted by atomic mass is 32.2. The van der Waals surface area contributed by atoms with Crippen LogP contribution in [0, 0.1) is 0 Å². The van der Waals surface area contributed by atoms with Crippen LogP contribution in [-0.4, -0.2) is 66.6 Å². The second-order valence-electron chi connectivity index (χ2n) is 8.50. The van der Waals surface area contributed by atoms with E-state index in [-0.39, 0.29) is 0 Å². The Hall–Kier alpha value is -1.48. The van der Waals surface area contributed by atoms with Crippen LogP contribution in [0.25, 0.3) is 11.0 Å². The van der Waals surface area contributed by atoms with Gasteiger partial charge in [0.15, 0.2) is 0 Å². The van der Waals surface area contributed by atoms with Crippen LogP contribution in [0.4, 0.5) is 0 Å². The van der Waals surface area contributed by atoms with E-state index < -0.39 is 10.0 Å². The first-order valence-electron chi connectivity index (χ1n) is 11.3. The average Bonchev–Trinajstić information content (AvgIpc) is 2.91. The smallest absolute Gasteiger partial charge is 0.243 e. The summed E-state index contributed by atoms with van der Waals surface area (Å²) in [6.07, 6.45) is 7.82. The molecule has 1 aliphatic carbocycles. The van der Waals surface area contributed by atoms with E-state index in [9.17, 15) is 8.42 Å². The zero-order chi connectivity index (χ0) is 21.1. The number of aromatic nitrogens is 2. The molecule has 30 heavy (non-hydrogen) atoms. The number of fused-ring (bicyclic) bond motifs is 1. The maximum absolute atomic E-state index is 13.0. The minimum Gasteiger partial charge on any atom is -0.379 e. The van der Waals surface area contributed by atoms with Crippen LogP contribution in [0.15, 0.2) is 23.1 Å². The number of rotatable bonds is 6. The van der Waals surface area contributed by atoms with Crippen molar-refractivity contribution < 1.29 is 13.2 Å². The summed E-state index contributed by atoms with van der Waals surface area (Å²) >= 11 is 0. The molecule has 7 nitrogen and oxygen atoms in total. The van der Waals surface area contributed by atoms with Gasteiger partial charge in [0.1, 0.15) is 5.82 Å². The second kappa shape index (κ2) is 9.34. The Morgan fingerprint density at radius 1 is 1.13 bits per heavy atom. The molecule has 0 unspecified atom stereocenters. The maximum atomic E-state index is 13.0. The number of nitrogens with zero attached hydrogens (tertiary/aromatic N) is 4. The largest absolute Gasteiger partial charge is 0.379 e. The summed E-state index contributed by atoms with van der Waals surface area (Å²) in [5.41, 5.74) is 1.76. The molecular formula is C22H34N4O3S. The van der Waals surface area contributed by atoms with Gasteiger partial charge in [0.25, 0.3) is 0 Å². The lowest BCUT2D eigenvalue weighted by Crippen LogP contribution is -2.40. The molecule has 0 bridgehead atoms. The van der Waals surface area contributed by atoms with Crippen molar-refractivity contribution in [1.82, 2.24) is 18.8 Å². The monoisotopic (exact) mass is 434 g/mol. The van der Waals surface area contributed by atoms with E-state index >= 15 is 0 Å². The Bertz CT molecular complexity index is 958. The summed E-state index contributed by atoms with van der Waals surface area (Å²) < 4.78 is 35.1. The van der Waals surface area contributed by atoms with Gasteiger partial charge >= 0.3 is 0 Å². The molecule has 2 aliphatic rings. The third kappa shape index (κ3) is 4.42. The molecule has 0 N–H and O–H groups in total. The lowest BCUT2D eigenvalue weighted by molar-refractivity contribution is 0.0730. The first-order chi connectivity index (χ1) is 14.5. The SMILES string of the molecule is CCn1c(CN(C)C2CCCCCC2)nc2cc(S(=O)(=O)N3CCOCC3)ccc21. The Kier molecular flexibility index (Phi) is 6.77. The van der Waals surface area contributed by atoms with Crippen molar-refractivity contribution in [1.29, 1.82) is 0 Å². The van der Waals surface area contributed by atoms with E-state index in [0.29, 0.717) is 37.2 Å². The molecule has 0 amide bonds. The molecule has 4 rings (SSSR count). The van der Waals surface area contributed by atoms with Crippen LogP contribution in [0.3, 0.4) is 0 Å². The lowest BCUT2D eigenvalue weighted by atomic mass is 10.1. The molecule has 0 radical (unpaired) electrons. The predicted octanol–water partition coefficient (Wildman–Crippen LogP) is 3.23. The molecule has 1 saturated heterocycles. The van der Waals surface area contributed by atoms with Crippen molar-refractivity contribution in [3.05, 3.63) is 24.0 Å². The normalized spacial score (nSPS) is 20.1. The maximum Gasteiger partial charge on any atom is 0.243 e. The first kappa shape index (κ1) is 21.7. The summed E-state index contributed by atoms with van der Waals surface area (Å²) in [5, 5.41) is 0. The minimum absolute atomic E-state index is 0.321. The van der Waals surface area contributed by atoms with Crippen LogP contribution in [0.1, 0.15) is 51.3 Å². The van der Waals surface area contributed by atoms with Gasteiger partial charge in [0.2, 0.25) is 10.0 Å². The Labute approximate surface area is 180 Å². The number of ether oxygens (including phenoxy) is 1. The third-order valence-corrected chi connectivity index (χ3v) is 8.46. The Morgan fingerprint density at radius 2 is 1.83 bits per heavy atom. The fourth-order valence-corrected chi connectivity index (χ4v) is 6.21. The average molecular weight is 435 g/mol. The zero-order valence-corrected chi connectivity index (χ0v) is 19.0. The highest BCUT2D eigenvalue weighted by molar-refractivity contribution is 7.89. The van der Waals surface area contributed by atoms with Gasteiger partial charge in [-0.15, -0.1) is 0 Å². The van der Waals surface area contributed by atoms with Crippen molar-refractivity contribution in [3.8, 4) is 0 Å². The highest BCUT2D eigenvalue weighted by Gasteiger charge is 2.27. The van der Waals surface area contributed by atoms with Crippen molar-refractivity contribution in [2.45, 2.75) is 69.5 Å². The topological polar surface area (TPSA) is 67.7 Å². The van der Waals surface area contributed by atoms with Crippen LogP contribution in [0.5, 0.6) is 0 Å². The van der Waals surface area contributed by atoms with E-state index in [0.717, 1.165) is 29.9 Å². The quantitative estimate of drug-likeness (QED) is 0.653. The number of imidazole rings is 1. The van der Waals surface area contributed by atoms with Crippen LogP contribution in [-0.2, 0) is 27.8 Å². The molecule has 2 heterocycles. The number of morpholine rings is 1. The van der Waals surface area contributed by atoms with Crippen molar-refractivity contribution >= 4 is 21.1 Å². The summed E-state index contributed by atoms with van der Waals surface area (Å²) in [6.45, 7) is 5.43. The Morgan fingerprint density at radius 3 is 2.50 bits per heavy atom. The summed E-state index contributed by atoms with van der Waals surface area (Å²) in [4.78, 5) is 7.63. The van der Waals surface area contributed by atoms with Crippen LogP contribution < -0.4 is 0 Å². The number of benzene rings is 1. The second-order valence-corrected chi connectivity index (χ2v) is 10.4. The van der Waals surface area contributed by atoms with E-state index in [1.807, 2.05) is 6.07 Å². The number of hydrogen-bond donors (Lipinski definition) is 0. The fourth-order valence-electron chi connectivity index (χ4n) is 4.78. The summed E-state index contributed by atoms with van der Waals surface area (Å²) in [7, 11) is -1.32. The molecule has 0 spiro atoms. The minimum atomic E-state index is -3.51. The molecule has 1 aromatic carbocycles. The van der Waals surface area contributed by atoms with E-state index in [2.05, 4.69) is 23.4 Å². The number of aryl methyl sites for hydroxylation is 1. The van der Waals surface area contributed by atoms with E-state index in [4.69, 9.17) is 9.72 Å². The van der Waals surface area contributed by atoms with Gasteiger partial charge in [-0.3, -0.25) is 4.90 Å². The van der Waals surface area contributed by atoms with Gasteiger partial charge in [0, 0.05) is 25.7 Å². The fraction of sp³-hybridized carbons (Fsp3) is 0.682. The molecule has 2 fully saturated rings.